The molecule has 0 aliphatic heterocycles. The molecule has 1 N–H and O–H groups in total. The van der Waals surface area contributed by atoms with E-state index in [1.165, 1.54) is 24.8 Å². The fourth-order valence-electron chi connectivity index (χ4n) is 5.33. The highest BCUT2D eigenvalue weighted by molar-refractivity contribution is 5.26. The fourth-order valence-corrected chi connectivity index (χ4v) is 5.33. The van der Waals surface area contributed by atoms with E-state index in [0.717, 1.165) is 6.42 Å². The molecule has 0 spiro atoms. The quantitative estimate of drug-likeness (QED) is 0.793. The SMILES string of the molecule is CC1(C)CCC[C@@]2(C)[C@H](c3ccccc3)C[C@H](O)[C@@H]12. The number of aliphatic hydroxyl groups is 1. The molecule has 1 aromatic carbocycles. The van der Waals surface area contributed by atoms with E-state index in [2.05, 4.69) is 51.1 Å². The molecule has 1 aromatic rings. The van der Waals surface area contributed by atoms with E-state index < -0.39 is 0 Å². The molecule has 3 rings (SSSR count). The average molecular weight is 258 g/mol. The predicted molar refractivity (Wildman–Crippen MR) is 79.0 cm³/mol. The third-order valence-corrected chi connectivity index (χ3v) is 5.95. The van der Waals surface area contributed by atoms with Gasteiger partial charge in [-0.25, -0.2) is 0 Å². The van der Waals surface area contributed by atoms with Crippen LogP contribution in [0.25, 0.3) is 0 Å². The predicted octanol–water partition coefficient (Wildman–Crippen LogP) is 4.37. The maximum atomic E-state index is 10.7. The molecule has 104 valence electrons. The van der Waals surface area contributed by atoms with Crippen LogP contribution in [-0.2, 0) is 0 Å². The highest BCUT2D eigenvalue weighted by Gasteiger charge is 2.58. The molecule has 2 saturated carbocycles. The normalized spacial score (nSPS) is 40.9. The van der Waals surface area contributed by atoms with E-state index in [1.54, 1.807) is 0 Å². The lowest BCUT2D eigenvalue weighted by atomic mass is 9.55. The molecular formula is C18H26O. The van der Waals surface area contributed by atoms with Crippen molar-refractivity contribution in [1.82, 2.24) is 0 Å². The minimum atomic E-state index is -0.134. The maximum Gasteiger partial charge on any atom is 0.0585 e. The molecule has 0 amide bonds. The van der Waals surface area contributed by atoms with Crippen LogP contribution in [0.3, 0.4) is 0 Å². The first kappa shape index (κ1) is 13.2. The van der Waals surface area contributed by atoms with Crippen molar-refractivity contribution in [2.45, 2.75) is 58.5 Å². The molecule has 0 unspecified atom stereocenters. The molecule has 4 atom stereocenters. The number of benzene rings is 1. The minimum absolute atomic E-state index is 0.134. The van der Waals surface area contributed by atoms with Gasteiger partial charge in [-0.3, -0.25) is 0 Å². The number of aliphatic hydroxyl groups excluding tert-OH is 1. The van der Waals surface area contributed by atoms with Gasteiger partial charge in [-0.2, -0.15) is 0 Å². The van der Waals surface area contributed by atoms with Gasteiger partial charge in [-0.05, 0) is 47.5 Å². The van der Waals surface area contributed by atoms with Gasteiger partial charge in [0.2, 0.25) is 0 Å². The Balaban J connectivity index is 2.01. The average Bonchev–Trinajstić information content (AvgIpc) is 2.63. The molecule has 0 heterocycles. The van der Waals surface area contributed by atoms with Gasteiger partial charge in [0.1, 0.15) is 0 Å². The molecule has 1 heteroatoms. The highest BCUT2D eigenvalue weighted by atomic mass is 16.3. The van der Waals surface area contributed by atoms with Crippen LogP contribution in [0.2, 0.25) is 0 Å². The summed E-state index contributed by atoms with van der Waals surface area (Å²) in [6.07, 6.45) is 4.62. The second-order valence-corrected chi connectivity index (χ2v) is 7.59. The van der Waals surface area contributed by atoms with Crippen molar-refractivity contribution < 1.29 is 5.11 Å². The van der Waals surface area contributed by atoms with Crippen molar-refractivity contribution in [1.29, 1.82) is 0 Å². The highest BCUT2D eigenvalue weighted by Crippen LogP contribution is 2.64. The molecule has 1 nitrogen and oxygen atoms in total. The second-order valence-electron chi connectivity index (χ2n) is 7.59. The fraction of sp³-hybridized carbons (Fsp3) is 0.667. The minimum Gasteiger partial charge on any atom is -0.393 e. The summed E-state index contributed by atoms with van der Waals surface area (Å²) in [4.78, 5) is 0. The zero-order chi connectivity index (χ0) is 13.7. The third-order valence-electron chi connectivity index (χ3n) is 5.95. The van der Waals surface area contributed by atoms with Crippen molar-refractivity contribution in [3.63, 3.8) is 0 Å². The summed E-state index contributed by atoms with van der Waals surface area (Å²) in [6, 6.07) is 10.8. The molecular weight excluding hydrogens is 232 g/mol. The summed E-state index contributed by atoms with van der Waals surface area (Å²) in [5.74, 6) is 0.965. The summed E-state index contributed by atoms with van der Waals surface area (Å²) < 4.78 is 0. The number of rotatable bonds is 1. The summed E-state index contributed by atoms with van der Waals surface area (Å²) >= 11 is 0. The lowest BCUT2D eigenvalue weighted by Gasteiger charge is -2.50. The Bertz CT molecular complexity index is 450. The van der Waals surface area contributed by atoms with Crippen LogP contribution in [0.5, 0.6) is 0 Å². The number of hydrogen-bond donors (Lipinski definition) is 1. The van der Waals surface area contributed by atoms with Crippen LogP contribution in [0.4, 0.5) is 0 Å². The Kier molecular flexibility index (Phi) is 3.01. The topological polar surface area (TPSA) is 20.2 Å². The molecule has 0 radical (unpaired) electrons. The zero-order valence-electron chi connectivity index (χ0n) is 12.4. The van der Waals surface area contributed by atoms with Crippen LogP contribution >= 0.6 is 0 Å². The maximum absolute atomic E-state index is 10.7. The van der Waals surface area contributed by atoms with Gasteiger partial charge in [0.15, 0.2) is 0 Å². The molecule has 2 aliphatic rings. The van der Waals surface area contributed by atoms with Gasteiger partial charge >= 0.3 is 0 Å². The van der Waals surface area contributed by atoms with E-state index in [1.807, 2.05) is 0 Å². The summed E-state index contributed by atoms with van der Waals surface area (Å²) in [6.45, 7) is 7.13. The molecule has 0 aromatic heterocycles. The van der Waals surface area contributed by atoms with Crippen LogP contribution in [0, 0.1) is 16.7 Å². The van der Waals surface area contributed by atoms with Crippen LogP contribution in [-0.4, -0.2) is 11.2 Å². The van der Waals surface area contributed by atoms with Gasteiger partial charge in [-0.1, -0.05) is 57.5 Å². The summed E-state index contributed by atoms with van der Waals surface area (Å²) in [5.41, 5.74) is 1.96. The van der Waals surface area contributed by atoms with Crippen molar-refractivity contribution >= 4 is 0 Å². The number of fused-ring (bicyclic) bond motifs is 1. The molecule has 0 bridgehead atoms. The first-order chi connectivity index (χ1) is 8.95. The van der Waals surface area contributed by atoms with E-state index in [4.69, 9.17) is 0 Å². The van der Waals surface area contributed by atoms with E-state index in [-0.39, 0.29) is 16.9 Å². The van der Waals surface area contributed by atoms with Crippen LogP contribution < -0.4 is 0 Å². The summed E-state index contributed by atoms with van der Waals surface area (Å²) in [7, 11) is 0. The lowest BCUT2D eigenvalue weighted by molar-refractivity contribution is -0.0397. The largest absolute Gasteiger partial charge is 0.393 e. The number of hydrogen-bond acceptors (Lipinski definition) is 1. The van der Waals surface area contributed by atoms with Crippen LogP contribution in [0.1, 0.15) is 57.9 Å². The second kappa shape index (κ2) is 4.34. The monoisotopic (exact) mass is 258 g/mol. The van der Waals surface area contributed by atoms with Gasteiger partial charge in [0.25, 0.3) is 0 Å². The Morgan fingerprint density at radius 1 is 1.05 bits per heavy atom. The van der Waals surface area contributed by atoms with Crippen molar-refractivity contribution in [3.8, 4) is 0 Å². The lowest BCUT2D eigenvalue weighted by Crippen LogP contribution is -2.44. The van der Waals surface area contributed by atoms with Crippen molar-refractivity contribution in [2.24, 2.45) is 16.7 Å². The summed E-state index contributed by atoms with van der Waals surface area (Å²) in [5, 5.41) is 10.7. The van der Waals surface area contributed by atoms with Gasteiger partial charge in [0.05, 0.1) is 6.10 Å². The molecule has 19 heavy (non-hydrogen) atoms. The Morgan fingerprint density at radius 3 is 2.42 bits per heavy atom. The molecule has 2 fully saturated rings. The first-order valence-electron chi connectivity index (χ1n) is 7.68. The Hall–Kier alpha value is -0.820. The van der Waals surface area contributed by atoms with Gasteiger partial charge in [-0.15, -0.1) is 0 Å². The van der Waals surface area contributed by atoms with Crippen molar-refractivity contribution in [3.05, 3.63) is 35.9 Å². The first-order valence-corrected chi connectivity index (χ1v) is 7.68. The smallest absolute Gasteiger partial charge is 0.0585 e. The van der Waals surface area contributed by atoms with E-state index >= 15 is 0 Å². The zero-order valence-corrected chi connectivity index (χ0v) is 12.4. The molecule has 0 saturated heterocycles. The van der Waals surface area contributed by atoms with E-state index in [9.17, 15) is 5.11 Å². The van der Waals surface area contributed by atoms with Crippen LogP contribution in [0.15, 0.2) is 30.3 Å². The Labute approximate surface area is 117 Å². The van der Waals surface area contributed by atoms with Gasteiger partial charge < -0.3 is 5.11 Å². The third kappa shape index (κ3) is 1.94. The van der Waals surface area contributed by atoms with E-state index in [0.29, 0.717) is 11.8 Å². The van der Waals surface area contributed by atoms with Crippen molar-refractivity contribution in [2.75, 3.05) is 0 Å². The van der Waals surface area contributed by atoms with Gasteiger partial charge in [0, 0.05) is 0 Å². The Morgan fingerprint density at radius 2 is 1.74 bits per heavy atom. The standard InChI is InChI=1S/C18H26O/c1-17(2)10-7-11-18(3)14(12-15(19)16(17)18)13-8-5-4-6-9-13/h4-6,8-9,14-16,19H,7,10-12H2,1-3H3/t14-,15-,16-,18-/m0/s1. The molecule has 2 aliphatic carbocycles.